The minimum atomic E-state index is 0.593. The van der Waals surface area contributed by atoms with Crippen molar-refractivity contribution in [3.8, 4) is 0 Å². The first-order valence-electron chi connectivity index (χ1n) is 6.50. The number of aromatic nitrogens is 3. The molecule has 4 heteroatoms. The second-order valence-corrected chi connectivity index (χ2v) is 5.14. The number of nitrogens with one attached hydrogen (secondary N) is 1. The lowest BCUT2D eigenvalue weighted by molar-refractivity contribution is 0.407. The third-order valence-corrected chi connectivity index (χ3v) is 3.89. The van der Waals surface area contributed by atoms with Crippen molar-refractivity contribution in [2.75, 3.05) is 6.54 Å². The first kappa shape index (κ1) is 10.3. The standard InChI is InChI=1S/C12H20N4/c1-9-4-2-6-11-14-15-12(16(9)11)8-10-5-3-7-13-10/h9-10,13H,2-8H2,1H3. The topological polar surface area (TPSA) is 42.7 Å². The van der Waals surface area contributed by atoms with Gasteiger partial charge in [-0.1, -0.05) is 0 Å². The van der Waals surface area contributed by atoms with Crippen LogP contribution in [0.3, 0.4) is 0 Å². The van der Waals surface area contributed by atoms with E-state index in [0.717, 1.165) is 12.8 Å². The van der Waals surface area contributed by atoms with Gasteiger partial charge in [0.25, 0.3) is 0 Å². The minimum absolute atomic E-state index is 0.593. The van der Waals surface area contributed by atoms with Crippen molar-refractivity contribution in [3.05, 3.63) is 11.6 Å². The van der Waals surface area contributed by atoms with Crippen molar-refractivity contribution in [1.29, 1.82) is 0 Å². The quantitative estimate of drug-likeness (QED) is 0.820. The van der Waals surface area contributed by atoms with Gasteiger partial charge in [-0.3, -0.25) is 0 Å². The molecule has 88 valence electrons. The van der Waals surface area contributed by atoms with Crippen LogP contribution in [0, 0.1) is 0 Å². The molecule has 4 nitrogen and oxygen atoms in total. The number of aryl methyl sites for hydroxylation is 1. The summed E-state index contributed by atoms with van der Waals surface area (Å²) >= 11 is 0. The molecule has 1 aromatic rings. The monoisotopic (exact) mass is 220 g/mol. The molecule has 0 aromatic carbocycles. The smallest absolute Gasteiger partial charge is 0.134 e. The van der Waals surface area contributed by atoms with Crippen LogP contribution < -0.4 is 5.32 Å². The van der Waals surface area contributed by atoms with Gasteiger partial charge in [0.1, 0.15) is 11.6 Å². The molecule has 1 saturated heterocycles. The Hall–Kier alpha value is -0.900. The molecule has 3 heterocycles. The van der Waals surface area contributed by atoms with E-state index in [0.29, 0.717) is 12.1 Å². The highest BCUT2D eigenvalue weighted by Gasteiger charge is 2.24. The molecule has 2 aliphatic rings. The molecule has 3 rings (SSSR count). The molecule has 0 bridgehead atoms. The second kappa shape index (κ2) is 4.17. The Morgan fingerprint density at radius 1 is 1.31 bits per heavy atom. The average Bonchev–Trinajstić information content (AvgIpc) is 2.90. The van der Waals surface area contributed by atoms with E-state index in [-0.39, 0.29) is 0 Å². The van der Waals surface area contributed by atoms with Crippen LogP contribution in [0.4, 0.5) is 0 Å². The van der Waals surface area contributed by atoms with E-state index < -0.39 is 0 Å². The highest BCUT2D eigenvalue weighted by molar-refractivity contribution is 5.03. The van der Waals surface area contributed by atoms with E-state index in [2.05, 4.69) is 27.0 Å². The van der Waals surface area contributed by atoms with Crippen LogP contribution in [0.2, 0.25) is 0 Å². The largest absolute Gasteiger partial charge is 0.314 e. The first-order chi connectivity index (χ1) is 7.84. The molecule has 2 atom stereocenters. The van der Waals surface area contributed by atoms with Gasteiger partial charge in [-0.15, -0.1) is 10.2 Å². The van der Waals surface area contributed by atoms with Crippen molar-refractivity contribution < 1.29 is 0 Å². The number of rotatable bonds is 2. The Morgan fingerprint density at radius 3 is 3.06 bits per heavy atom. The molecule has 1 N–H and O–H groups in total. The molecule has 0 aliphatic carbocycles. The van der Waals surface area contributed by atoms with Crippen molar-refractivity contribution in [1.82, 2.24) is 20.1 Å². The number of nitrogens with zero attached hydrogens (tertiary/aromatic N) is 3. The molecular formula is C12H20N4. The fourth-order valence-electron chi connectivity index (χ4n) is 3.02. The lowest BCUT2D eigenvalue weighted by Crippen LogP contribution is -2.27. The van der Waals surface area contributed by atoms with Gasteiger partial charge >= 0.3 is 0 Å². The summed E-state index contributed by atoms with van der Waals surface area (Å²) in [6, 6.07) is 1.22. The summed E-state index contributed by atoms with van der Waals surface area (Å²) in [6.45, 7) is 3.46. The van der Waals surface area contributed by atoms with Gasteiger partial charge in [0.15, 0.2) is 0 Å². The molecule has 1 fully saturated rings. The fourth-order valence-corrected chi connectivity index (χ4v) is 3.02. The maximum Gasteiger partial charge on any atom is 0.134 e. The van der Waals surface area contributed by atoms with Crippen molar-refractivity contribution >= 4 is 0 Å². The Labute approximate surface area is 96.4 Å². The van der Waals surface area contributed by atoms with Crippen LogP contribution in [-0.2, 0) is 12.8 Å². The number of fused-ring (bicyclic) bond motifs is 1. The van der Waals surface area contributed by atoms with Crippen LogP contribution in [0.5, 0.6) is 0 Å². The maximum absolute atomic E-state index is 4.38. The summed E-state index contributed by atoms with van der Waals surface area (Å²) in [5.74, 6) is 2.40. The van der Waals surface area contributed by atoms with E-state index in [1.54, 1.807) is 0 Å². The third kappa shape index (κ3) is 1.75. The van der Waals surface area contributed by atoms with E-state index in [1.807, 2.05) is 0 Å². The summed E-state index contributed by atoms with van der Waals surface area (Å²) < 4.78 is 2.38. The number of hydrogen-bond acceptors (Lipinski definition) is 3. The van der Waals surface area contributed by atoms with Crippen LogP contribution in [-0.4, -0.2) is 27.4 Å². The number of hydrogen-bond donors (Lipinski definition) is 1. The van der Waals surface area contributed by atoms with E-state index in [9.17, 15) is 0 Å². The van der Waals surface area contributed by atoms with Gasteiger partial charge in [0, 0.05) is 24.9 Å². The fraction of sp³-hybridized carbons (Fsp3) is 0.833. The average molecular weight is 220 g/mol. The zero-order valence-corrected chi connectivity index (χ0v) is 9.95. The van der Waals surface area contributed by atoms with Gasteiger partial charge in [-0.2, -0.15) is 0 Å². The zero-order chi connectivity index (χ0) is 11.0. The van der Waals surface area contributed by atoms with Gasteiger partial charge in [-0.05, 0) is 39.2 Å². The molecular weight excluding hydrogens is 200 g/mol. The lowest BCUT2D eigenvalue weighted by atomic mass is 10.0. The Balaban J connectivity index is 1.81. The molecule has 2 aliphatic heterocycles. The Bertz CT molecular complexity index is 365. The van der Waals surface area contributed by atoms with Gasteiger partial charge < -0.3 is 9.88 Å². The Morgan fingerprint density at radius 2 is 2.25 bits per heavy atom. The maximum atomic E-state index is 4.38. The molecule has 16 heavy (non-hydrogen) atoms. The van der Waals surface area contributed by atoms with Crippen molar-refractivity contribution in [3.63, 3.8) is 0 Å². The summed E-state index contributed by atoms with van der Waals surface area (Å²) in [4.78, 5) is 0. The lowest BCUT2D eigenvalue weighted by Gasteiger charge is -2.23. The SMILES string of the molecule is CC1CCCc2nnc(CC3CCCN3)n21. The predicted octanol–water partition coefficient (Wildman–Crippen LogP) is 1.47. The van der Waals surface area contributed by atoms with Gasteiger partial charge in [0.2, 0.25) is 0 Å². The van der Waals surface area contributed by atoms with Crippen LogP contribution in [0.25, 0.3) is 0 Å². The van der Waals surface area contributed by atoms with Crippen LogP contribution in [0.1, 0.15) is 50.3 Å². The van der Waals surface area contributed by atoms with Gasteiger partial charge in [-0.25, -0.2) is 0 Å². The molecule has 0 saturated carbocycles. The molecule has 0 amide bonds. The van der Waals surface area contributed by atoms with Crippen molar-refractivity contribution in [2.45, 2.75) is 57.5 Å². The second-order valence-electron chi connectivity index (χ2n) is 5.14. The first-order valence-corrected chi connectivity index (χ1v) is 6.50. The minimum Gasteiger partial charge on any atom is -0.314 e. The normalized spacial score (nSPS) is 29.3. The third-order valence-electron chi connectivity index (χ3n) is 3.89. The zero-order valence-electron chi connectivity index (χ0n) is 9.95. The van der Waals surface area contributed by atoms with Crippen LogP contribution in [0.15, 0.2) is 0 Å². The molecule has 2 unspecified atom stereocenters. The van der Waals surface area contributed by atoms with E-state index in [4.69, 9.17) is 0 Å². The molecule has 1 aromatic heterocycles. The van der Waals surface area contributed by atoms with E-state index in [1.165, 1.54) is 43.9 Å². The summed E-state index contributed by atoms with van der Waals surface area (Å²) in [5.41, 5.74) is 0. The summed E-state index contributed by atoms with van der Waals surface area (Å²) in [7, 11) is 0. The summed E-state index contributed by atoms with van der Waals surface area (Å²) in [6.07, 6.45) is 7.29. The molecule has 0 radical (unpaired) electrons. The van der Waals surface area contributed by atoms with Gasteiger partial charge in [0.05, 0.1) is 0 Å². The molecule has 0 spiro atoms. The predicted molar refractivity (Wildman–Crippen MR) is 62.4 cm³/mol. The Kier molecular flexibility index (Phi) is 2.67. The van der Waals surface area contributed by atoms with Crippen molar-refractivity contribution in [2.24, 2.45) is 0 Å². The summed E-state index contributed by atoms with van der Waals surface area (Å²) in [5, 5.41) is 12.3. The highest BCUT2D eigenvalue weighted by atomic mass is 15.3. The van der Waals surface area contributed by atoms with Crippen LogP contribution >= 0.6 is 0 Å². The van der Waals surface area contributed by atoms with E-state index >= 15 is 0 Å². The highest BCUT2D eigenvalue weighted by Crippen LogP contribution is 2.25.